The predicted molar refractivity (Wildman–Crippen MR) is 240 cm³/mol. The van der Waals surface area contributed by atoms with Gasteiger partial charge in [0.05, 0.1) is 16.7 Å². The molecule has 4 aromatic heterocycles. The van der Waals surface area contributed by atoms with Gasteiger partial charge < -0.3 is 13.4 Å². The van der Waals surface area contributed by atoms with Crippen molar-refractivity contribution in [3.05, 3.63) is 182 Å². The molecule has 0 unspecified atom stereocenters. The van der Waals surface area contributed by atoms with Crippen molar-refractivity contribution in [1.29, 1.82) is 0 Å². The molecule has 0 aliphatic heterocycles. The van der Waals surface area contributed by atoms with E-state index in [4.69, 9.17) is 23.8 Å². The van der Waals surface area contributed by atoms with E-state index in [1.165, 1.54) is 21.5 Å². The Kier molecular flexibility index (Phi) is 6.63. The van der Waals surface area contributed by atoms with Gasteiger partial charge in [0.25, 0.3) is 0 Å². The number of nitrogens with zero attached hydrogens (tertiary/aromatic N) is 4. The largest absolute Gasteiger partial charge is 0.456 e. The Bertz CT molecular complexity index is 3870. The Labute approximate surface area is 336 Å². The quantitative estimate of drug-likeness (QED) is 0.179. The molecule has 274 valence electrons. The minimum Gasteiger partial charge on any atom is -0.456 e. The van der Waals surface area contributed by atoms with Crippen molar-refractivity contribution in [2.45, 2.75) is 0 Å². The summed E-state index contributed by atoms with van der Waals surface area (Å²) in [6.45, 7) is 0. The van der Waals surface area contributed by atoms with Gasteiger partial charge in [-0.3, -0.25) is 0 Å². The second kappa shape index (κ2) is 12.2. The van der Waals surface area contributed by atoms with E-state index in [9.17, 15) is 0 Å². The van der Waals surface area contributed by atoms with Gasteiger partial charge in [0.2, 0.25) is 0 Å². The molecule has 0 aliphatic carbocycles. The fraction of sp³-hybridized carbons (Fsp3) is 0. The van der Waals surface area contributed by atoms with Crippen LogP contribution in [0.5, 0.6) is 0 Å². The third kappa shape index (κ3) is 4.84. The lowest BCUT2D eigenvalue weighted by Gasteiger charge is -2.13. The smallest absolute Gasteiger partial charge is 0.164 e. The van der Waals surface area contributed by atoms with E-state index in [0.717, 1.165) is 88.1 Å². The summed E-state index contributed by atoms with van der Waals surface area (Å²) in [6.07, 6.45) is 0. The van der Waals surface area contributed by atoms with E-state index in [1.807, 2.05) is 36.4 Å². The number of furan rings is 2. The Balaban J connectivity index is 1.12. The van der Waals surface area contributed by atoms with Crippen LogP contribution in [-0.4, -0.2) is 19.5 Å². The summed E-state index contributed by atoms with van der Waals surface area (Å²) in [4.78, 5) is 15.8. The van der Waals surface area contributed by atoms with Gasteiger partial charge >= 0.3 is 0 Å². The van der Waals surface area contributed by atoms with Crippen LogP contribution in [0.3, 0.4) is 0 Å². The molecule has 6 nitrogen and oxygen atoms in total. The Morgan fingerprint density at radius 2 is 0.949 bits per heavy atom. The topological polar surface area (TPSA) is 69.9 Å². The predicted octanol–water partition coefficient (Wildman–Crippen LogP) is 14.1. The van der Waals surface area contributed by atoms with Crippen LogP contribution in [0.4, 0.5) is 0 Å². The van der Waals surface area contributed by atoms with Crippen molar-refractivity contribution >= 4 is 87.2 Å². The summed E-state index contributed by atoms with van der Waals surface area (Å²) in [5.74, 6) is 1.71. The standard InChI is InChI=1S/C53H30N4O2/c1-2-14-33-28-45-42(26-32(33)13-1)37-17-5-8-21-44(37)57(45)46-29-35(27-43-39-19-7-10-23-48(39)59-50(43)46)52-54-51(34-24-25-40-38-18-6-9-22-47(38)58-49(40)30-34)55-53(56-52)41-20-11-15-31-12-3-4-16-36(31)41/h1-30H. The van der Waals surface area contributed by atoms with Gasteiger partial charge in [-0.05, 0) is 76.1 Å². The lowest BCUT2D eigenvalue weighted by molar-refractivity contribution is 0.666. The van der Waals surface area contributed by atoms with E-state index in [-0.39, 0.29) is 0 Å². The first-order chi connectivity index (χ1) is 29.2. The van der Waals surface area contributed by atoms with Crippen LogP contribution in [0.15, 0.2) is 191 Å². The molecule has 13 rings (SSSR count). The summed E-state index contributed by atoms with van der Waals surface area (Å²) >= 11 is 0. The number of aromatic nitrogens is 4. The summed E-state index contributed by atoms with van der Waals surface area (Å²) in [5.41, 5.74) is 8.95. The number of para-hydroxylation sites is 3. The monoisotopic (exact) mass is 754 g/mol. The maximum Gasteiger partial charge on any atom is 0.164 e. The average Bonchev–Trinajstić information content (AvgIpc) is 3.97. The average molecular weight is 755 g/mol. The van der Waals surface area contributed by atoms with Crippen LogP contribution < -0.4 is 0 Å². The van der Waals surface area contributed by atoms with Crippen LogP contribution in [0.25, 0.3) is 127 Å². The number of hydrogen-bond donors (Lipinski definition) is 0. The van der Waals surface area contributed by atoms with E-state index in [2.05, 4.69) is 150 Å². The maximum atomic E-state index is 6.80. The van der Waals surface area contributed by atoms with E-state index >= 15 is 0 Å². The number of hydrogen-bond acceptors (Lipinski definition) is 5. The Morgan fingerprint density at radius 1 is 0.339 bits per heavy atom. The zero-order chi connectivity index (χ0) is 38.6. The first-order valence-corrected chi connectivity index (χ1v) is 19.8. The van der Waals surface area contributed by atoms with Gasteiger partial charge in [-0.1, -0.05) is 127 Å². The van der Waals surface area contributed by atoms with Crippen molar-refractivity contribution in [3.63, 3.8) is 0 Å². The zero-order valence-corrected chi connectivity index (χ0v) is 31.4. The molecule has 4 heterocycles. The number of rotatable bonds is 4. The van der Waals surface area contributed by atoms with Gasteiger partial charge in [-0.25, -0.2) is 15.0 Å². The summed E-state index contributed by atoms with van der Waals surface area (Å²) in [7, 11) is 0. The molecule has 59 heavy (non-hydrogen) atoms. The third-order valence-electron chi connectivity index (χ3n) is 11.8. The van der Waals surface area contributed by atoms with Crippen LogP contribution in [0, 0.1) is 0 Å². The van der Waals surface area contributed by atoms with Crippen LogP contribution in [0.2, 0.25) is 0 Å². The molecule has 9 aromatic carbocycles. The molecule has 0 saturated heterocycles. The van der Waals surface area contributed by atoms with Crippen molar-refractivity contribution in [3.8, 4) is 39.9 Å². The number of benzene rings is 9. The van der Waals surface area contributed by atoms with Crippen LogP contribution in [0.1, 0.15) is 0 Å². The second-order valence-corrected chi connectivity index (χ2v) is 15.2. The van der Waals surface area contributed by atoms with Crippen molar-refractivity contribution in [2.75, 3.05) is 0 Å². The second-order valence-electron chi connectivity index (χ2n) is 15.2. The van der Waals surface area contributed by atoms with E-state index in [1.54, 1.807) is 0 Å². The fourth-order valence-corrected chi connectivity index (χ4v) is 9.06. The first kappa shape index (κ1) is 32.0. The summed E-state index contributed by atoms with van der Waals surface area (Å²) in [6, 6.07) is 63.3. The lowest BCUT2D eigenvalue weighted by atomic mass is 10.0. The minimum absolute atomic E-state index is 0.558. The lowest BCUT2D eigenvalue weighted by Crippen LogP contribution is -2.02. The van der Waals surface area contributed by atoms with Crippen LogP contribution >= 0.6 is 0 Å². The first-order valence-electron chi connectivity index (χ1n) is 19.8. The summed E-state index contributed by atoms with van der Waals surface area (Å²) < 4.78 is 15.5. The Hall–Kier alpha value is -8.09. The fourth-order valence-electron chi connectivity index (χ4n) is 9.06. The van der Waals surface area contributed by atoms with E-state index < -0.39 is 0 Å². The molecule has 0 atom stereocenters. The van der Waals surface area contributed by atoms with Gasteiger partial charge in [0, 0.05) is 49.0 Å². The molecular weight excluding hydrogens is 725 g/mol. The van der Waals surface area contributed by atoms with Gasteiger partial charge in [0.15, 0.2) is 23.1 Å². The molecule has 0 bridgehead atoms. The van der Waals surface area contributed by atoms with Gasteiger partial charge in [0.1, 0.15) is 16.7 Å². The molecule has 0 saturated carbocycles. The highest BCUT2D eigenvalue weighted by atomic mass is 16.3. The van der Waals surface area contributed by atoms with Crippen LogP contribution in [-0.2, 0) is 0 Å². The third-order valence-corrected chi connectivity index (χ3v) is 11.8. The highest BCUT2D eigenvalue weighted by Gasteiger charge is 2.22. The molecule has 0 amide bonds. The van der Waals surface area contributed by atoms with Crippen molar-refractivity contribution < 1.29 is 8.83 Å². The van der Waals surface area contributed by atoms with Gasteiger partial charge in [-0.15, -0.1) is 0 Å². The molecule has 0 N–H and O–H groups in total. The van der Waals surface area contributed by atoms with E-state index in [0.29, 0.717) is 17.5 Å². The highest BCUT2D eigenvalue weighted by Crippen LogP contribution is 2.42. The molecule has 0 radical (unpaired) electrons. The maximum absolute atomic E-state index is 6.80. The summed E-state index contributed by atoms with van der Waals surface area (Å²) in [5, 5.41) is 11.0. The number of fused-ring (bicyclic) bond motifs is 11. The Morgan fingerprint density at radius 3 is 1.78 bits per heavy atom. The molecule has 13 aromatic rings. The molecule has 6 heteroatoms. The normalized spacial score (nSPS) is 12.1. The molecule has 0 spiro atoms. The zero-order valence-electron chi connectivity index (χ0n) is 31.4. The SMILES string of the molecule is c1ccc2cc3c(cc2c1)c1ccccc1n3-c1cc(-c2nc(-c3ccc4c(c3)oc3ccccc34)nc(-c3cccc4ccccc34)n2)cc2c1oc1ccccc12. The van der Waals surface area contributed by atoms with Gasteiger partial charge in [-0.2, -0.15) is 0 Å². The van der Waals surface area contributed by atoms with Crippen molar-refractivity contribution in [2.24, 2.45) is 0 Å². The molecule has 0 aliphatic rings. The minimum atomic E-state index is 0.558. The van der Waals surface area contributed by atoms with Crippen molar-refractivity contribution in [1.82, 2.24) is 19.5 Å². The highest BCUT2D eigenvalue weighted by molar-refractivity contribution is 6.16. The molecular formula is C53H30N4O2. The molecule has 0 fully saturated rings.